The van der Waals surface area contributed by atoms with Crippen LogP contribution in [-0.2, 0) is 19.1 Å². The van der Waals surface area contributed by atoms with Gasteiger partial charge in [0.1, 0.15) is 17.7 Å². The minimum Gasteiger partial charge on any atom is -0.444 e. The Hall–Kier alpha value is -3.88. The summed E-state index contributed by atoms with van der Waals surface area (Å²) in [5.41, 5.74) is 9.62. The summed E-state index contributed by atoms with van der Waals surface area (Å²) in [6.45, 7) is 15.3. The second-order valence-electron chi connectivity index (χ2n) is 12.6. The van der Waals surface area contributed by atoms with Gasteiger partial charge in [0.25, 0.3) is 5.91 Å². The van der Waals surface area contributed by atoms with Crippen molar-refractivity contribution in [2.75, 3.05) is 11.9 Å². The zero-order chi connectivity index (χ0) is 33.0. The lowest BCUT2D eigenvalue weighted by molar-refractivity contribution is -0.141. The van der Waals surface area contributed by atoms with E-state index in [0.29, 0.717) is 12.1 Å². The number of hydrogen-bond acceptors (Lipinski definition) is 5. The normalized spacial score (nSPS) is 12.6. The number of carbonyl (C=O) groups excluding carboxylic acids is 4. The molecule has 0 radical (unpaired) electrons. The van der Waals surface area contributed by atoms with Gasteiger partial charge < -0.3 is 26.0 Å². The number of hydrogen-bond donors (Lipinski definition) is 3. The molecule has 0 saturated heterocycles. The average molecular weight is 609 g/mol. The van der Waals surface area contributed by atoms with Gasteiger partial charge in [-0.1, -0.05) is 69.0 Å². The number of aryl methyl sites for hydroxylation is 4. The lowest BCUT2D eigenvalue weighted by Gasteiger charge is -2.36. The molecule has 2 unspecified atom stereocenters. The van der Waals surface area contributed by atoms with Crippen LogP contribution in [0, 0.1) is 27.7 Å². The molecular weight excluding hydrogens is 556 g/mol. The summed E-state index contributed by atoms with van der Waals surface area (Å²) in [5.74, 6) is -1.43. The summed E-state index contributed by atoms with van der Waals surface area (Å²) < 4.78 is 5.45. The fraction of sp³-hybridized carbons (Fsp3) is 0.543. The molecule has 0 aliphatic rings. The molecule has 0 aromatic heterocycles. The van der Waals surface area contributed by atoms with Crippen molar-refractivity contribution in [2.45, 2.75) is 118 Å². The van der Waals surface area contributed by atoms with Crippen LogP contribution in [0.15, 0.2) is 36.4 Å². The average Bonchev–Trinajstić information content (AvgIpc) is 2.92. The van der Waals surface area contributed by atoms with E-state index in [1.807, 2.05) is 64.1 Å². The number of nitrogens with two attached hydrogens (primary N) is 1. The number of ether oxygens (including phenoxy) is 1. The first-order valence-corrected chi connectivity index (χ1v) is 15.7. The van der Waals surface area contributed by atoms with Crippen LogP contribution in [0.2, 0.25) is 0 Å². The molecule has 0 aliphatic heterocycles. The highest BCUT2D eigenvalue weighted by Gasteiger charge is 2.37. The molecule has 0 fully saturated rings. The largest absolute Gasteiger partial charge is 0.444 e. The van der Waals surface area contributed by atoms with Crippen molar-refractivity contribution in [3.63, 3.8) is 0 Å². The smallest absolute Gasteiger partial charge is 0.408 e. The summed E-state index contributed by atoms with van der Waals surface area (Å²) >= 11 is 0. The molecule has 0 aliphatic carbocycles. The molecule has 2 rings (SSSR count). The molecule has 4 N–H and O–H groups in total. The second kappa shape index (κ2) is 16.8. The van der Waals surface area contributed by atoms with Gasteiger partial charge in [0.15, 0.2) is 0 Å². The lowest BCUT2D eigenvalue weighted by Crippen LogP contribution is -2.53. The van der Waals surface area contributed by atoms with Gasteiger partial charge in [0, 0.05) is 18.7 Å². The van der Waals surface area contributed by atoms with E-state index in [2.05, 4.69) is 17.6 Å². The van der Waals surface area contributed by atoms with Crippen LogP contribution >= 0.6 is 0 Å². The standard InChI is InChI=1S/C35H52N4O5/c1-9-10-11-12-13-22-39(33(42)27(20-21-28(36)40)37-34(43)44-35(6,7)8)31(29-23(2)16-14-17-24(29)3)32(41)38-30-25(4)18-15-19-26(30)5/h14-19,27,31H,9-13,20-22H2,1-8H3,(H2,36,40)(H,37,43)(H,38,41). The quantitative estimate of drug-likeness (QED) is 0.197. The molecule has 0 spiro atoms. The number of unbranched alkanes of at least 4 members (excludes halogenated alkanes) is 4. The SMILES string of the molecule is CCCCCCCN(C(=O)C(CCC(N)=O)NC(=O)OC(C)(C)C)C(C(=O)Nc1c(C)cccc1C)c1c(C)cccc1C. The number of para-hydroxylation sites is 1. The van der Waals surface area contributed by atoms with E-state index in [-0.39, 0.29) is 25.3 Å². The molecule has 0 saturated carbocycles. The van der Waals surface area contributed by atoms with Gasteiger partial charge in [-0.15, -0.1) is 0 Å². The molecule has 242 valence electrons. The maximum atomic E-state index is 14.5. The maximum Gasteiger partial charge on any atom is 0.408 e. The summed E-state index contributed by atoms with van der Waals surface area (Å²) in [6.07, 6.45) is 3.75. The van der Waals surface area contributed by atoms with Crippen LogP contribution in [0.25, 0.3) is 0 Å². The minimum atomic E-state index is -1.13. The molecule has 2 aromatic carbocycles. The lowest BCUT2D eigenvalue weighted by atomic mass is 9.92. The van der Waals surface area contributed by atoms with Gasteiger partial charge in [-0.3, -0.25) is 14.4 Å². The van der Waals surface area contributed by atoms with Gasteiger partial charge in [-0.2, -0.15) is 0 Å². The Morgan fingerprint density at radius 3 is 1.93 bits per heavy atom. The van der Waals surface area contributed by atoms with Gasteiger partial charge >= 0.3 is 6.09 Å². The predicted octanol–water partition coefficient (Wildman–Crippen LogP) is 6.56. The van der Waals surface area contributed by atoms with Crippen LogP contribution in [0.1, 0.15) is 106 Å². The first-order chi connectivity index (χ1) is 20.7. The van der Waals surface area contributed by atoms with E-state index >= 15 is 0 Å². The molecule has 0 heterocycles. The van der Waals surface area contributed by atoms with Crippen LogP contribution in [-0.4, -0.2) is 46.9 Å². The van der Waals surface area contributed by atoms with Crippen molar-refractivity contribution in [1.29, 1.82) is 0 Å². The molecule has 9 nitrogen and oxygen atoms in total. The predicted molar refractivity (Wildman–Crippen MR) is 175 cm³/mol. The van der Waals surface area contributed by atoms with E-state index < -0.39 is 35.6 Å². The monoisotopic (exact) mass is 608 g/mol. The van der Waals surface area contributed by atoms with Gasteiger partial charge in [0.2, 0.25) is 11.8 Å². The maximum absolute atomic E-state index is 14.5. The van der Waals surface area contributed by atoms with Crippen LogP contribution in [0.5, 0.6) is 0 Å². The van der Waals surface area contributed by atoms with Gasteiger partial charge in [-0.25, -0.2) is 4.79 Å². The Morgan fingerprint density at radius 2 is 1.41 bits per heavy atom. The van der Waals surface area contributed by atoms with Crippen molar-refractivity contribution in [3.8, 4) is 0 Å². The highest BCUT2D eigenvalue weighted by Crippen LogP contribution is 2.31. The third-order valence-electron chi connectivity index (χ3n) is 7.56. The number of amides is 4. The van der Waals surface area contributed by atoms with Crippen molar-refractivity contribution in [3.05, 3.63) is 64.2 Å². The van der Waals surface area contributed by atoms with Crippen molar-refractivity contribution in [2.24, 2.45) is 5.73 Å². The van der Waals surface area contributed by atoms with E-state index in [1.54, 1.807) is 25.7 Å². The summed E-state index contributed by atoms with van der Waals surface area (Å²) in [5, 5.41) is 5.79. The number of nitrogens with zero attached hydrogens (tertiary/aromatic N) is 1. The number of benzene rings is 2. The van der Waals surface area contributed by atoms with E-state index in [9.17, 15) is 19.2 Å². The second-order valence-corrected chi connectivity index (χ2v) is 12.6. The van der Waals surface area contributed by atoms with E-state index in [1.165, 1.54) is 0 Å². The number of anilines is 1. The molecular formula is C35H52N4O5. The van der Waals surface area contributed by atoms with Crippen molar-refractivity contribution in [1.82, 2.24) is 10.2 Å². The van der Waals surface area contributed by atoms with E-state index in [4.69, 9.17) is 10.5 Å². The zero-order valence-corrected chi connectivity index (χ0v) is 27.8. The molecule has 9 heteroatoms. The molecule has 0 bridgehead atoms. The van der Waals surface area contributed by atoms with E-state index in [0.717, 1.165) is 53.5 Å². The van der Waals surface area contributed by atoms with Crippen molar-refractivity contribution < 1.29 is 23.9 Å². The fourth-order valence-corrected chi connectivity index (χ4v) is 5.34. The topological polar surface area (TPSA) is 131 Å². The van der Waals surface area contributed by atoms with Gasteiger partial charge in [-0.05, 0) is 89.1 Å². The molecule has 4 amide bonds. The summed E-state index contributed by atoms with van der Waals surface area (Å²) in [4.78, 5) is 55.2. The highest BCUT2D eigenvalue weighted by molar-refractivity contribution is 6.00. The number of nitrogens with one attached hydrogen (secondary N) is 2. The molecule has 44 heavy (non-hydrogen) atoms. The Labute approximate surface area is 263 Å². The fourth-order valence-electron chi connectivity index (χ4n) is 5.34. The third-order valence-corrected chi connectivity index (χ3v) is 7.56. The third kappa shape index (κ3) is 11.0. The number of carbonyl (C=O) groups is 4. The van der Waals surface area contributed by atoms with Gasteiger partial charge in [0.05, 0.1) is 0 Å². The summed E-state index contributed by atoms with van der Waals surface area (Å²) in [6, 6.07) is 9.44. The first kappa shape index (κ1) is 36.3. The van der Waals surface area contributed by atoms with Crippen LogP contribution in [0.4, 0.5) is 10.5 Å². The zero-order valence-electron chi connectivity index (χ0n) is 27.8. The molecule has 2 atom stereocenters. The summed E-state index contributed by atoms with van der Waals surface area (Å²) in [7, 11) is 0. The highest BCUT2D eigenvalue weighted by atomic mass is 16.6. The Bertz CT molecular complexity index is 1260. The molecule has 2 aromatic rings. The Kier molecular flexibility index (Phi) is 13.9. The Balaban J connectivity index is 2.66. The number of rotatable bonds is 15. The Morgan fingerprint density at radius 1 is 0.864 bits per heavy atom. The first-order valence-electron chi connectivity index (χ1n) is 15.7. The minimum absolute atomic E-state index is 0.0300. The van der Waals surface area contributed by atoms with Crippen LogP contribution < -0.4 is 16.4 Å². The number of primary amides is 1. The number of alkyl carbamates (subject to hydrolysis) is 1. The van der Waals surface area contributed by atoms with Crippen molar-refractivity contribution >= 4 is 29.5 Å². The van der Waals surface area contributed by atoms with Crippen LogP contribution in [0.3, 0.4) is 0 Å².